The van der Waals surface area contributed by atoms with Crippen molar-refractivity contribution < 1.29 is 9.59 Å². The van der Waals surface area contributed by atoms with Crippen molar-refractivity contribution in [1.82, 2.24) is 10.2 Å². The van der Waals surface area contributed by atoms with Gasteiger partial charge < -0.3 is 10.2 Å². The Morgan fingerprint density at radius 3 is 2.45 bits per heavy atom. The average molecular weight is 299 g/mol. The molecule has 1 aromatic rings. The van der Waals surface area contributed by atoms with Gasteiger partial charge in [-0.15, -0.1) is 0 Å². The zero-order valence-electron chi connectivity index (χ0n) is 12.7. The van der Waals surface area contributed by atoms with Crippen molar-refractivity contribution in [1.29, 1.82) is 5.26 Å². The third kappa shape index (κ3) is 4.88. The van der Waals surface area contributed by atoms with Gasteiger partial charge in [-0.3, -0.25) is 9.59 Å². The molecule has 1 saturated heterocycles. The van der Waals surface area contributed by atoms with Gasteiger partial charge in [0.2, 0.25) is 11.8 Å². The van der Waals surface area contributed by atoms with Gasteiger partial charge in [-0.25, -0.2) is 0 Å². The molecule has 1 aliphatic heterocycles. The summed E-state index contributed by atoms with van der Waals surface area (Å²) in [5.74, 6) is 0.0865. The second-order valence-corrected chi connectivity index (χ2v) is 5.50. The lowest BCUT2D eigenvalue weighted by atomic mass is 10.1. The van der Waals surface area contributed by atoms with Gasteiger partial charge >= 0.3 is 0 Å². The molecule has 1 aromatic carbocycles. The molecule has 22 heavy (non-hydrogen) atoms. The number of likely N-dealkylation sites (tertiary alicyclic amines) is 1. The first kappa shape index (κ1) is 16.0. The molecule has 0 bridgehead atoms. The minimum absolute atomic E-state index is 0.0430. The number of aryl methyl sites for hydroxylation is 1. The van der Waals surface area contributed by atoms with Gasteiger partial charge in [0, 0.05) is 32.5 Å². The van der Waals surface area contributed by atoms with E-state index < -0.39 is 0 Å². The molecule has 0 spiro atoms. The van der Waals surface area contributed by atoms with E-state index in [1.165, 1.54) is 0 Å². The first-order valence-corrected chi connectivity index (χ1v) is 7.72. The van der Waals surface area contributed by atoms with Crippen molar-refractivity contribution in [3.8, 4) is 6.07 Å². The predicted octanol–water partition coefficient (Wildman–Crippen LogP) is 1.62. The van der Waals surface area contributed by atoms with E-state index in [0.29, 0.717) is 31.4 Å². The topological polar surface area (TPSA) is 73.2 Å². The van der Waals surface area contributed by atoms with Crippen LogP contribution in [0.1, 0.15) is 36.8 Å². The Balaban J connectivity index is 1.63. The predicted molar refractivity (Wildman–Crippen MR) is 82.9 cm³/mol. The average Bonchev–Trinajstić information content (AvgIpc) is 3.08. The molecule has 116 valence electrons. The largest absolute Gasteiger partial charge is 0.356 e. The summed E-state index contributed by atoms with van der Waals surface area (Å²) in [5.41, 5.74) is 1.65. The van der Waals surface area contributed by atoms with Gasteiger partial charge in [0.05, 0.1) is 11.6 Å². The Labute approximate surface area is 130 Å². The maximum Gasteiger partial charge on any atom is 0.224 e. The number of amides is 2. The van der Waals surface area contributed by atoms with Crippen molar-refractivity contribution in [2.45, 2.75) is 32.1 Å². The van der Waals surface area contributed by atoms with Crippen molar-refractivity contribution in [2.24, 2.45) is 0 Å². The fourth-order valence-corrected chi connectivity index (χ4v) is 2.53. The van der Waals surface area contributed by atoms with E-state index in [-0.39, 0.29) is 11.8 Å². The number of hydrogen-bond donors (Lipinski definition) is 1. The minimum Gasteiger partial charge on any atom is -0.356 e. The number of benzene rings is 1. The summed E-state index contributed by atoms with van der Waals surface area (Å²) in [6.07, 6.45) is 3.58. The van der Waals surface area contributed by atoms with Gasteiger partial charge in [0.1, 0.15) is 0 Å². The van der Waals surface area contributed by atoms with Gasteiger partial charge in [-0.05, 0) is 37.0 Å². The van der Waals surface area contributed by atoms with Gasteiger partial charge in [0.15, 0.2) is 0 Å². The smallest absolute Gasteiger partial charge is 0.224 e. The number of nitrogens with zero attached hydrogens (tertiary/aromatic N) is 2. The van der Waals surface area contributed by atoms with Crippen LogP contribution in [0.5, 0.6) is 0 Å². The molecule has 1 aliphatic rings. The summed E-state index contributed by atoms with van der Waals surface area (Å²) in [4.78, 5) is 25.4. The number of carbonyl (C=O) groups is 2. The molecule has 0 saturated carbocycles. The summed E-state index contributed by atoms with van der Waals surface area (Å²) in [6.45, 7) is 2.11. The fourth-order valence-electron chi connectivity index (χ4n) is 2.53. The van der Waals surface area contributed by atoms with Crippen LogP contribution in [0.4, 0.5) is 0 Å². The van der Waals surface area contributed by atoms with Crippen LogP contribution in [-0.2, 0) is 16.0 Å². The molecule has 1 fully saturated rings. The number of nitrogens with one attached hydrogen (secondary N) is 1. The van der Waals surface area contributed by atoms with Crippen LogP contribution < -0.4 is 5.32 Å². The van der Waals surface area contributed by atoms with Crippen molar-refractivity contribution >= 4 is 11.8 Å². The first-order chi connectivity index (χ1) is 10.7. The monoisotopic (exact) mass is 299 g/mol. The fraction of sp³-hybridized carbons (Fsp3) is 0.471. The number of hydrogen-bond acceptors (Lipinski definition) is 3. The van der Waals surface area contributed by atoms with Crippen LogP contribution in [0.3, 0.4) is 0 Å². The number of nitriles is 1. The molecule has 0 atom stereocenters. The van der Waals surface area contributed by atoms with E-state index >= 15 is 0 Å². The van der Waals surface area contributed by atoms with Crippen LogP contribution in [0.2, 0.25) is 0 Å². The van der Waals surface area contributed by atoms with E-state index in [1.807, 2.05) is 17.0 Å². The van der Waals surface area contributed by atoms with Crippen LogP contribution >= 0.6 is 0 Å². The standard InChI is InChI=1S/C17H21N3O2/c18-13-15-5-3-14(4-6-15)7-8-16(21)19-10-9-17(22)20-11-1-2-12-20/h3-6H,1-2,7-12H2,(H,19,21). The summed E-state index contributed by atoms with van der Waals surface area (Å²) in [7, 11) is 0. The Morgan fingerprint density at radius 1 is 1.14 bits per heavy atom. The molecule has 0 aliphatic carbocycles. The van der Waals surface area contributed by atoms with Crippen molar-refractivity contribution in [2.75, 3.05) is 19.6 Å². The van der Waals surface area contributed by atoms with Gasteiger partial charge in [-0.1, -0.05) is 12.1 Å². The molecule has 5 nitrogen and oxygen atoms in total. The van der Waals surface area contributed by atoms with Crippen molar-refractivity contribution in [3.05, 3.63) is 35.4 Å². The van der Waals surface area contributed by atoms with E-state index in [1.54, 1.807) is 12.1 Å². The summed E-state index contributed by atoms with van der Waals surface area (Å²) >= 11 is 0. The zero-order chi connectivity index (χ0) is 15.8. The van der Waals surface area contributed by atoms with Crippen LogP contribution in [0.15, 0.2) is 24.3 Å². The number of carbonyl (C=O) groups excluding carboxylic acids is 2. The zero-order valence-corrected chi connectivity index (χ0v) is 12.7. The maximum absolute atomic E-state index is 11.8. The van der Waals surface area contributed by atoms with Gasteiger partial charge in [0.25, 0.3) is 0 Å². The third-order valence-corrected chi connectivity index (χ3v) is 3.84. The van der Waals surface area contributed by atoms with E-state index in [0.717, 1.165) is 31.5 Å². The molecule has 2 rings (SSSR count). The van der Waals surface area contributed by atoms with E-state index in [4.69, 9.17) is 5.26 Å². The molecule has 0 unspecified atom stereocenters. The second-order valence-electron chi connectivity index (χ2n) is 5.50. The number of rotatable bonds is 6. The Morgan fingerprint density at radius 2 is 1.82 bits per heavy atom. The highest BCUT2D eigenvalue weighted by Crippen LogP contribution is 2.08. The molecule has 5 heteroatoms. The molecule has 2 amide bonds. The molecule has 1 heterocycles. The Hall–Kier alpha value is -2.35. The summed E-state index contributed by atoms with van der Waals surface area (Å²) < 4.78 is 0. The van der Waals surface area contributed by atoms with Crippen LogP contribution in [0, 0.1) is 11.3 Å². The molecule has 1 N–H and O–H groups in total. The third-order valence-electron chi connectivity index (χ3n) is 3.84. The highest BCUT2D eigenvalue weighted by Gasteiger charge is 2.17. The summed E-state index contributed by atoms with van der Waals surface area (Å²) in [5, 5.41) is 11.5. The van der Waals surface area contributed by atoms with E-state index in [9.17, 15) is 9.59 Å². The van der Waals surface area contributed by atoms with Crippen molar-refractivity contribution in [3.63, 3.8) is 0 Å². The van der Waals surface area contributed by atoms with E-state index in [2.05, 4.69) is 11.4 Å². The Kier molecular flexibility index (Phi) is 5.96. The summed E-state index contributed by atoms with van der Waals surface area (Å²) in [6, 6.07) is 9.30. The highest BCUT2D eigenvalue weighted by atomic mass is 16.2. The lowest BCUT2D eigenvalue weighted by Gasteiger charge is -2.15. The highest BCUT2D eigenvalue weighted by molar-refractivity contribution is 5.79. The molecule has 0 aromatic heterocycles. The van der Waals surface area contributed by atoms with Gasteiger partial charge in [-0.2, -0.15) is 5.26 Å². The lowest BCUT2D eigenvalue weighted by molar-refractivity contribution is -0.130. The minimum atomic E-state index is -0.0430. The van der Waals surface area contributed by atoms with Crippen LogP contribution in [0.25, 0.3) is 0 Å². The Bertz CT molecular complexity index is 554. The molecular formula is C17H21N3O2. The maximum atomic E-state index is 11.8. The first-order valence-electron chi connectivity index (χ1n) is 7.72. The van der Waals surface area contributed by atoms with Crippen LogP contribution in [-0.4, -0.2) is 36.3 Å². The second kappa shape index (κ2) is 8.18. The lowest BCUT2D eigenvalue weighted by Crippen LogP contribution is -2.32. The SMILES string of the molecule is N#Cc1ccc(CCC(=O)NCCC(=O)N2CCCC2)cc1. The quantitative estimate of drug-likeness (QED) is 0.867. The molecule has 0 radical (unpaired) electrons. The molecular weight excluding hydrogens is 278 g/mol. The normalized spacial score (nSPS) is 13.7.